The van der Waals surface area contributed by atoms with E-state index < -0.39 is 5.41 Å². The topological polar surface area (TPSA) is 56.1 Å². The third-order valence-corrected chi connectivity index (χ3v) is 4.64. The first-order valence-corrected chi connectivity index (χ1v) is 7.94. The minimum atomic E-state index is -0.818. The summed E-state index contributed by atoms with van der Waals surface area (Å²) in [6, 6.07) is 12.4. The van der Waals surface area contributed by atoms with Crippen molar-refractivity contribution in [1.29, 1.82) is 5.26 Å². The maximum atomic E-state index is 12.6. The van der Waals surface area contributed by atoms with Crippen molar-refractivity contribution in [1.82, 2.24) is 10.2 Å². The molecule has 1 aliphatic rings. The molecule has 1 saturated carbocycles. The van der Waals surface area contributed by atoms with Gasteiger partial charge in [-0.05, 0) is 39.4 Å². The van der Waals surface area contributed by atoms with Gasteiger partial charge in [0.2, 0.25) is 5.91 Å². The SMILES string of the molecule is C[C@@H](NC(=O)C1(C#N)CCCC1)[C@@H](c1ccccc1)N(C)C. The molecule has 0 heterocycles. The molecule has 2 rings (SSSR count). The summed E-state index contributed by atoms with van der Waals surface area (Å²) >= 11 is 0. The molecule has 22 heavy (non-hydrogen) atoms. The average molecular weight is 299 g/mol. The second-order valence-electron chi connectivity index (χ2n) is 6.48. The molecule has 0 unspecified atom stereocenters. The number of amides is 1. The smallest absolute Gasteiger partial charge is 0.240 e. The van der Waals surface area contributed by atoms with Crippen LogP contribution in [0.1, 0.15) is 44.2 Å². The van der Waals surface area contributed by atoms with Crippen molar-refractivity contribution in [2.75, 3.05) is 14.1 Å². The predicted molar refractivity (Wildman–Crippen MR) is 87.0 cm³/mol. The van der Waals surface area contributed by atoms with Gasteiger partial charge >= 0.3 is 0 Å². The minimum Gasteiger partial charge on any atom is -0.350 e. The predicted octanol–water partition coefficient (Wildman–Crippen LogP) is 2.88. The molecular weight excluding hydrogens is 274 g/mol. The highest BCUT2D eigenvalue weighted by Crippen LogP contribution is 2.38. The summed E-state index contributed by atoms with van der Waals surface area (Å²) in [5.41, 5.74) is 0.347. The van der Waals surface area contributed by atoms with Crippen LogP contribution >= 0.6 is 0 Å². The summed E-state index contributed by atoms with van der Waals surface area (Å²) in [5.74, 6) is -0.109. The van der Waals surface area contributed by atoms with E-state index in [4.69, 9.17) is 0 Å². The molecule has 4 heteroatoms. The number of nitrogens with one attached hydrogen (secondary N) is 1. The van der Waals surface area contributed by atoms with Crippen molar-refractivity contribution in [3.63, 3.8) is 0 Å². The Labute approximate surface area is 133 Å². The molecular formula is C18H25N3O. The quantitative estimate of drug-likeness (QED) is 0.909. The van der Waals surface area contributed by atoms with Crippen LogP contribution in [0.3, 0.4) is 0 Å². The third kappa shape index (κ3) is 3.31. The van der Waals surface area contributed by atoms with Gasteiger partial charge in [-0.15, -0.1) is 0 Å². The molecule has 1 aliphatic carbocycles. The van der Waals surface area contributed by atoms with Gasteiger partial charge < -0.3 is 10.2 Å². The van der Waals surface area contributed by atoms with Gasteiger partial charge in [0.1, 0.15) is 5.41 Å². The van der Waals surface area contributed by atoms with Crippen molar-refractivity contribution in [2.45, 2.75) is 44.7 Å². The van der Waals surface area contributed by atoms with Gasteiger partial charge in [-0.25, -0.2) is 0 Å². The molecule has 1 amide bonds. The summed E-state index contributed by atoms with van der Waals surface area (Å²) in [4.78, 5) is 14.7. The van der Waals surface area contributed by atoms with Crippen LogP contribution in [-0.4, -0.2) is 30.9 Å². The Hall–Kier alpha value is -1.86. The van der Waals surface area contributed by atoms with E-state index in [2.05, 4.69) is 28.4 Å². The van der Waals surface area contributed by atoms with Crippen molar-refractivity contribution in [3.8, 4) is 6.07 Å². The Kier molecular flexibility index (Phi) is 5.20. The van der Waals surface area contributed by atoms with Gasteiger partial charge in [0, 0.05) is 6.04 Å². The van der Waals surface area contributed by atoms with E-state index in [0.29, 0.717) is 12.8 Å². The highest BCUT2D eigenvalue weighted by Gasteiger charge is 2.42. The molecule has 4 nitrogen and oxygen atoms in total. The molecule has 1 aromatic rings. The van der Waals surface area contributed by atoms with E-state index in [-0.39, 0.29) is 18.0 Å². The minimum absolute atomic E-state index is 0.0595. The molecule has 0 spiro atoms. The number of hydrogen-bond acceptors (Lipinski definition) is 3. The molecule has 118 valence electrons. The number of nitrogens with zero attached hydrogens (tertiary/aromatic N) is 2. The van der Waals surface area contributed by atoms with E-state index in [1.807, 2.05) is 39.2 Å². The lowest BCUT2D eigenvalue weighted by Crippen LogP contribution is -2.47. The number of hydrogen-bond donors (Lipinski definition) is 1. The van der Waals surface area contributed by atoms with Crippen LogP contribution in [-0.2, 0) is 4.79 Å². The number of likely N-dealkylation sites (N-methyl/N-ethyl adjacent to an activating group) is 1. The lowest BCUT2D eigenvalue weighted by Gasteiger charge is -2.33. The van der Waals surface area contributed by atoms with Crippen molar-refractivity contribution < 1.29 is 4.79 Å². The summed E-state index contributed by atoms with van der Waals surface area (Å²) in [6.45, 7) is 2.01. The molecule has 0 aliphatic heterocycles. The van der Waals surface area contributed by atoms with Gasteiger partial charge in [-0.3, -0.25) is 4.79 Å². The first-order valence-electron chi connectivity index (χ1n) is 7.94. The Morgan fingerprint density at radius 2 is 1.86 bits per heavy atom. The molecule has 1 aromatic carbocycles. The first kappa shape index (κ1) is 16.5. The Morgan fingerprint density at radius 1 is 1.27 bits per heavy atom. The Morgan fingerprint density at radius 3 is 2.36 bits per heavy atom. The van der Waals surface area contributed by atoms with E-state index >= 15 is 0 Å². The maximum Gasteiger partial charge on any atom is 0.240 e. The van der Waals surface area contributed by atoms with Gasteiger partial charge in [0.05, 0.1) is 12.1 Å². The molecule has 0 bridgehead atoms. The van der Waals surface area contributed by atoms with Gasteiger partial charge in [-0.1, -0.05) is 43.2 Å². The highest BCUT2D eigenvalue weighted by molar-refractivity contribution is 5.86. The Balaban J connectivity index is 2.14. The monoisotopic (exact) mass is 299 g/mol. The van der Waals surface area contributed by atoms with Gasteiger partial charge in [0.15, 0.2) is 0 Å². The molecule has 0 radical (unpaired) electrons. The van der Waals surface area contributed by atoms with E-state index in [0.717, 1.165) is 18.4 Å². The fraction of sp³-hybridized carbons (Fsp3) is 0.556. The average Bonchev–Trinajstić information content (AvgIpc) is 2.98. The van der Waals surface area contributed by atoms with Crippen LogP contribution in [0.4, 0.5) is 0 Å². The summed E-state index contributed by atoms with van der Waals surface area (Å²) in [7, 11) is 4.02. The van der Waals surface area contributed by atoms with E-state index in [1.165, 1.54) is 0 Å². The number of benzene rings is 1. The highest BCUT2D eigenvalue weighted by atomic mass is 16.2. The van der Waals surface area contributed by atoms with Crippen molar-refractivity contribution in [2.24, 2.45) is 5.41 Å². The van der Waals surface area contributed by atoms with Crippen LogP contribution in [0.15, 0.2) is 30.3 Å². The zero-order valence-electron chi connectivity index (χ0n) is 13.7. The van der Waals surface area contributed by atoms with Crippen molar-refractivity contribution >= 4 is 5.91 Å². The number of rotatable bonds is 5. The number of carbonyl (C=O) groups excluding carboxylic acids is 1. The van der Waals surface area contributed by atoms with Gasteiger partial charge in [-0.2, -0.15) is 5.26 Å². The summed E-state index contributed by atoms with van der Waals surface area (Å²) in [6.07, 6.45) is 3.29. The Bertz CT molecular complexity index is 541. The normalized spacial score (nSPS) is 19.4. The van der Waals surface area contributed by atoms with E-state index in [1.54, 1.807) is 0 Å². The molecule has 0 saturated heterocycles. The number of carbonyl (C=O) groups is 1. The molecule has 0 aromatic heterocycles. The lowest BCUT2D eigenvalue weighted by molar-refractivity contribution is -0.129. The molecule has 1 N–H and O–H groups in total. The van der Waals surface area contributed by atoms with Crippen LogP contribution < -0.4 is 5.32 Å². The van der Waals surface area contributed by atoms with Crippen LogP contribution in [0.2, 0.25) is 0 Å². The van der Waals surface area contributed by atoms with E-state index in [9.17, 15) is 10.1 Å². The number of nitriles is 1. The second-order valence-corrected chi connectivity index (χ2v) is 6.48. The fourth-order valence-corrected chi connectivity index (χ4v) is 3.48. The molecule has 1 fully saturated rings. The zero-order valence-corrected chi connectivity index (χ0v) is 13.7. The summed E-state index contributed by atoms with van der Waals surface area (Å²) in [5, 5.41) is 12.5. The van der Waals surface area contributed by atoms with Crippen LogP contribution in [0.25, 0.3) is 0 Å². The first-order chi connectivity index (χ1) is 10.5. The standard InChI is InChI=1S/C18H25N3O/c1-14(16(21(2)3)15-9-5-4-6-10-15)20-17(22)18(13-19)11-7-8-12-18/h4-6,9-10,14,16H,7-8,11-12H2,1-3H3,(H,20,22)/t14-,16+/m1/s1. The lowest BCUT2D eigenvalue weighted by atomic mass is 9.86. The molecule has 2 atom stereocenters. The van der Waals surface area contributed by atoms with Crippen LogP contribution in [0, 0.1) is 16.7 Å². The fourth-order valence-electron chi connectivity index (χ4n) is 3.48. The third-order valence-electron chi connectivity index (χ3n) is 4.64. The van der Waals surface area contributed by atoms with Crippen molar-refractivity contribution in [3.05, 3.63) is 35.9 Å². The van der Waals surface area contributed by atoms with Crippen LogP contribution in [0.5, 0.6) is 0 Å². The van der Waals surface area contributed by atoms with Gasteiger partial charge in [0.25, 0.3) is 0 Å². The maximum absolute atomic E-state index is 12.6. The summed E-state index contributed by atoms with van der Waals surface area (Å²) < 4.78 is 0. The largest absolute Gasteiger partial charge is 0.350 e. The zero-order chi connectivity index (χ0) is 16.2. The second kappa shape index (κ2) is 6.93.